The van der Waals surface area contributed by atoms with Gasteiger partial charge in [0.1, 0.15) is 5.60 Å². The van der Waals surface area contributed by atoms with Gasteiger partial charge in [0.25, 0.3) is 5.91 Å². The lowest BCUT2D eigenvalue weighted by Gasteiger charge is -2.30. The van der Waals surface area contributed by atoms with E-state index >= 15 is 0 Å². The molecule has 1 heterocycles. The highest BCUT2D eigenvalue weighted by molar-refractivity contribution is 5.96. The van der Waals surface area contributed by atoms with Crippen molar-refractivity contribution in [1.29, 1.82) is 0 Å². The lowest BCUT2D eigenvalue weighted by atomic mass is 10.2. The van der Waals surface area contributed by atoms with Crippen molar-refractivity contribution in [3.05, 3.63) is 29.8 Å². The fourth-order valence-corrected chi connectivity index (χ4v) is 2.37. The van der Waals surface area contributed by atoms with Gasteiger partial charge in [0, 0.05) is 11.3 Å². The highest BCUT2D eigenvalue weighted by Crippen LogP contribution is 2.13. The average Bonchev–Trinajstić information content (AvgIpc) is 2.48. The van der Waals surface area contributed by atoms with Crippen molar-refractivity contribution in [2.75, 3.05) is 38.5 Å². The number of anilines is 1. The third kappa shape index (κ3) is 5.82. The molecular formula is C17H27N4O3+. The van der Waals surface area contributed by atoms with Gasteiger partial charge < -0.3 is 9.64 Å². The standard InChI is InChI=1S/C17H26N4O3/c1-17(2,3)24-16(23)18-14-7-5-6-13(12-14)15(22)19-21-10-8-20(4)9-11-21/h5-7,12H,8-11H2,1-4H3,(H,18,23)(H,19,22)/p+1. The molecule has 0 unspecified atom stereocenters. The Morgan fingerprint density at radius 1 is 1.21 bits per heavy atom. The van der Waals surface area contributed by atoms with Gasteiger partial charge in [-0.3, -0.25) is 15.5 Å². The lowest BCUT2D eigenvalue weighted by Crippen LogP contribution is -3.12. The number of nitrogens with one attached hydrogen (secondary N) is 3. The van der Waals surface area contributed by atoms with E-state index in [1.807, 2.05) is 5.01 Å². The van der Waals surface area contributed by atoms with Crippen LogP contribution in [0, 0.1) is 0 Å². The molecule has 2 rings (SSSR count). The molecule has 0 radical (unpaired) electrons. The van der Waals surface area contributed by atoms with Crippen LogP contribution in [0.5, 0.6) is 0 Å². The predicted octanol–water partition coefficient (Wildman–Crippen LogP) is 0.509. The Morgan fingerprint density at radius 2 is 1.88 bits per heavy atom. The number of hydrazine groups is 1. The number of hydrogen-bond acceptors (Lipinski definition) is 4. The predicted molar refractivity (Wildman–Crippen MR) is 92.0 cm³/mol. The molecule has 0 atom stereocenters. The van der Waals surface area contributed by atoms with Crippen molar-refractivity contribution < 1.29 is 19.2 Å². The molecule has 2 amide bonds. The van der Waals surface area contributed by atoms with Gasteiger partial charge in [-0.2, -0.15) is 0 Å². The molecule has 7 nitrogen and oxygen atoms in total. The van der Waals surface area contributed by atoms with E-state index in [1.54, 1.807) is 45.0 Å². The molecule has 0 bridgehead atoms. The first kappa shape index (κ1) is 18.2. The minimum Gasteiger partial charge on any atom is -0.444 e. The summed E-state index contributed by atoms with van der Waals surface area (Å²) >= 11 is 0. The quantitative estimate of drug-likeness (QED) is 0.752. The third-order valence-electron chi connectivity index (χ3n) is 3.65. The van der Waals surface area contributed by atoms with E-state index in [2.05, 4.69) is 17.8 Å². The van der Waals surface area contributed by atoms with Gasteiger partial charge in [-0.25, -0.2) is 9.80 Å². The Kier molecular flexibility index (Phi) is 5.80. The summed E-state index contributed by atoms with van der Waals surface area (Å²) in [6.07, 6.45) is -0.540. The Balaban J connectivity index is 1.94. The summed E-state index contributed by atoms with van der Waals surface area (Å²) in [6, 6.07) is 6.81. The van der Waals surface area contributed by atoms with Crippen LogP contribution in [0.1, 0.15) is 31.1 Å². The Bertz CT molecular complexity index is 590. The Morgan fingerprint density at radius 3 is 2.50 bits per heavy atom. The molecule has 1 aromatic rings. The van der Waals surface area contributed by atoms with Gasteiger partial charge >= 0.3 is 6.09 Å². The summed E-state index contributed by atoms with van der Waals surface area (Å²) in [4.78, 5) is 25.6. The van der Waals surface area contributed by atoms with Crippen LogP contribution in [-0.4, -0.2) is 55.8 Å². The van der Waals surface area contributed by atoms with Gasteiger partial charge in [0.05, 0.1) is 33.2 Å². The molecule has 1 aliphatic rings. The summed E-state index contributed by atoms with van der Waals surface area (Å²) in [5, 5.41) is 4.58. The van der Waals surface area contributed by atoms with Gasteiger partial charge in [0.2, 0.25) is 0 Å². The summed E-state index contributed by atoms with van der Waals surface area (Å²) < 4.78 is 5.21. The fraction of sp³-hybridized carbons (Fsp3) is 0.529. The van der Waals surface area contributed by atoms with E-state index in [-0.39, 0.29) is 5.91 Å². The van der Waals surface area contributed by atoms with Crippen LogP contribution < -0.4 is 15.6 Å². The maximum Gasteiger partial charge on any atom is 0.412 e. The maximum absolute atomic E-state index is 12.4. The number of nitrogens with zero attached hydrogens (tertiary/aromatic N) is 1. The zero-order valence-corrected chi connectivity index (χ0v) is 14.8. The molecule has 0 aliphatic carbocycles. The second-order valence-corrected chi connectivity index (χ2v) is 7.09. The van der Waals surface area contributed by atoms with E-state index in [0.29, 0.717) is 11.3 Å². The van der Waals surface area contributed by atoms with Crippen molar-refractivity contribution in [1.82, 2.24) is 10.4 Å². The molecule has 1 aliphatic heterocycles. The van der Waals surface area contributed by atoms with Crippen LogP contribution in [0.3, 0.4) is 0 Å². The first-order valence-electron chi connectivity index (χ1n) is 8.20. The first-order chi connectivity index (χ1) is 11.2. The number of ether oxygens (including phenoxy) is 1. The van der Waals surface area contributed by atoms with Crippen LogP contribution in [0.25, 0.3) is 0 Å². The summed E-state index contributed by atoms with van der Waals surface area (Å²) in [6.45, 7) is 9.05. The summed E-state index contributed by atoms with van der Waals surface area (Å²) in [7, 11) is 2.14. The minimum atomic E-state index is -0.567. The lowest BCUT2D eigenvalue weighted by molar-refractivity contribution is -0.884. The molecule has 0 aromatic heterocycles. The maximum atomic E-state index is 12.4. The third-order valence-corrected chi connectivity index (χ3v) is 3.65. The highest BCUT2D eigenvalue weighted by Gasteiger charge is 2.19. The number of amides is 2. The zero-order valence-electron chi connectivity index (χ0n) is 14.8. The molecular weight excluding hydrogens is 308 g/mol. The number of likely N-dealkylation sites (N-methyl/N-ethyl adjacent to an activating group) is 1. The van der Waals surface area contributed by atoms with E-state index < -0.39 is 11.7 Å². The topological polar surface area (TPSA) is 75.1 Å². The highest BCUT2D eigenvalue weighted by atomic mass is 16.6. The van der Waals surface area contributed by atoms with Gasteiger partial charge in [-0.15, -0.1) is 0 Å². The van der Waals surface area contributed by atoms with Crippen LogP contribution in [0.15, 0.2) is 24.3 Å². The van der Waals surface area contributed by atoms with Crippen molar-refractivity contribution in [3.8, 4) is 0 Å². The number of benzene rings is 1. The Labute approximate surface area is 142 Å². The van der Waals surface area contributed by atoms with Crippen molar-refractivity contribution in [2.24, 2.45) is 0 Å². The van der Waals surface area contributed by atoms with Crippen molar-refractivity contribution >= 4 is 17.7 Å². The fourth-order valence-electron chi connectivity index (χ4n) is 2.37. The molecule has 7 heteroatoms. The zero-order chi connectivity index (χ0) is 17.7. The molecule has 1 fully saturated rings. The van der Waals surface area contributed by atoms with Crippen LogP contribution in [0.2, 0.25) is 0 Å². The second kappa shape index (κ2) is 7.63. The van der Waals surface area contributed by atoms with E-state index in [0.717, 1.165) is 26.2 Å². The summed E-state index contributed by atoms with van der Waals surface area (Å²) in [5.41, 5.74) is 3.37. The van der Waals surface area contributed by atoms with E-state index in [1.165, 1.54) is 4.90 Å². The van der Waals surface area contributed by atoms with Gasteiger partial charge in [-0.05, 0) is 39.0 Å². The molecule has 0 saturated carbocycles. The van der Waals surface area contributed by atoms with Gasteiger partial charge in [-0.1, -0.05) is 6.07 Å². The molecule has 0 spiro atoms. The van der Waals surface area contributed by atoms with Crippen LogP contribution >= 0.6 is 0 Å². The van der Waals surface area contributed by atoms with E-state index in [4.69, 9.17) is 4.74 Å². The second-order valence-electron chi connectivity index (χ2n) is 7.09. The SMILES string of the molecule is C[NH+]1CCN(NC(=O)c2cccc(NC(=O)OC(C)(C)C)c2)CC1. The minimum absolute atomic E-state index is 0.178. The molecule has 1 aromatic carbocycles. The number of quaternary nitrogens is 1. The first-order valence-corrected chi connectivity index (χ1v) is 8.20. The Hall–Kier alpha value is -2.12. The number of piperazine rings is 1. The van der Waals surface area contributed by atoms with Gasteiger partial charge in [0.15, 0.2) is 0 Å². The molecule has 3 N–H and O–H groups in total. The van der Waals surface area contributed by atoms with Crippen molar-refractivity contribution in [2.45, 2.75) is 26.4 Å². The average molecular weight is 335 g/mol. The normalized spacial score (nSPS) is 16.5. The summed E-state index contributed by atoms with van der Waals surface area (Å²) in [5.74, 6) is -0.178. The van der Waals surface area contributed by atoms with E-state index in [9.17, 15) is 9.59 Å². The van der Waals surface area contributed by atoms with Crippen molar-refractivity contribution in [3.63, 3.8) is 0 Å². The largest absolute Gasteiger partial charge is 0.444 e. The smallest absolute Gasteiger partial charge is 0.412 e. The van der Waals surface area contributed by atoms with Crippen LogP contribution in [0.4, 0.5) is 10.5 Å². The monoisotopic (exact) mass is 335 g/mol. The molecule has 24 heavy (non-hydrogen) atoms. The van der Waals surface area contributed by atoms with Crippen LogP contribution in [-0.2, 0) is 4.74 Å². The number of carbonyl (C=O) groups is 2. The molecule has 1 saturated heterocycles. The number of carbonyl (C=O) groups excluding carboxylic acids is 2. The number of hydrogen-bond donors (Lipinski definition) is 3. The number of rotatable bonds is 3. The molecule has 132 valence electrons.